The van der Waals surface area contributed by atoms with Crippen LogP contribution in [-0.4, -0.2) is 44.4 Å². The molecule has 1 amide bonds. The average Bonchev–Trinajstić information content (AvgIpc) is 3.06. The van der Waals surface area contributed by atoms with E-state index >= 15 is 0 Å². The highest BCUT2D eigenvalue weighted by Crippen LogP contribution is 2.24. The predicted molar refractivity (Wildman–Crippen MR) is 107 cm³/mol. The van der Waals surface area contributed by atoms with Gasteiger partial charge < -0.3 is 9.64 Å². The highest BCUT2D eigenvalue weighted by molar-refractivity contribution is 7.91. The van der Waals surface area contributed by atoms with Crippen molar-refractivity contribution in [3.8, 4) is 0 Å². The van der Waals surface area contributed by atoms with Crippen molar-refractivity contribution in [1.29, 1.82) is 0 Å². The number of hydrogen-bond donors (Lipinski definition) is 0. The number of sulfone groups is 1. The van der Waals surface area contributed by atoms with Crippen LogP contribution in [0.5, 0.6) is 0 Å². The molecule has 8 heteroatoms. The number of hydrogen-bond acceptors (Lipinski definition) is 5. The number of nitrogens with zero attached hydrogens (tertiary/aromatic N) is 1. The second-order valence-electron chi connectivity index (χ2n) is 6.62. The molecular weight excluding hydrogens is 397 g/mol. The molecule has 0 aromatic heterocycles. The summed E-state index contributed by atoms with van der Waals surface area (Å²) < 4.78 is 42.3. The second-order valence-corrected chi connectivity index (χ2v) is 8.85. The molecule has 0 unspecified atom stereocenters. The van der Waals surface area contributed by atoms with Crippen LogP contribution in [0, 0.1) is 5.82 Å². The molecule has 3 rings (SSSR count). The molecule has 6 nitrogen and oxygen atoms in total. The summed E-state index contributed by atoms with van der Waals surface area (Å²) in [6.07, 6.45) is 2.63. The third-order valence-electron chi connectivity index (χ3n) is 4.52. The normalized spacial score (nSPS) is 17.9. The van der Waals surface area contributed by atoms with Crippen LogP contribution in [0.15, 0.2) is 60.7 Å². The Labute approximate surface area is 168 Å². The second kappa shape index (κ2) is 9.00. The Morgan fingerprint density at radius 1 is 1.10 bits per heavy atom. The molecule has 1 saturated heterocycles. The molecule has 0 spiro atoms. The molecule has 0 saturated carbocycles. The van der Waals surface area contributed by atoms with E-state index in [9.17, 15) is 22.4 Å². The lowest BCUT2D eigenvalue weighted by Gasteiger charge is -2.28. The molecule has 152 valence electrons. The fourth-order valence-corrected chi connectivity index (χ4v) is 4.84. The Bertz CT molecular complexity index is 1020. The molecule has 2 aromatic carbocycles. The Kier molecular flexibility index (Phi) is 6.43. The highest BCUT2D eigenvalue weighted by Gasteiger charge is 2.35. The third-order valence-corrected chi connectivity index (χ3v) is 6.27. The van der Waals surface area contributed by atoms with Gasteiger partial charge in [0.2, 0.25) is 0 Å². The molecule has 1 aliphatic rings. The van der Waals surface area contributed by atoms with Gasteiger partial charge in [-0.05, 0) is 30.7 Å². The van der Waals surface area contributed by atoms with Crippen molar-refractivity contribution in [1.82, 2.24) is 0 Å². The summed E-state index contributed by atoms with van der Waals surface area (Å²) in [6, 6.07) is 14.1. The zero-order valence-corrected chi connectivity index (χ0v) is 16.3. The SMILES string of the molecule is O=C(/C=C/c1ccccc1F)OCC(=O)N(c1ccccc1)[C@H]1CCS(=O)(=O)C1. The first-order valence-corrected chi connectivity index (χ1v) is 10.8. The maximum atomic E-state index is 13.6. The van der Waals surface area contributed by atoms with E-state index in [2.05, 4.69) is 0 Å². The van der Waals surface area contributed by atoms with E-state index in [1.165, 1.54) is 29.2 Å². The number of amides is 1. The molecule has 0 bridgehead atoms. The molecule has 1 aliphatic heterocycles. The highest BCUT2D eigenvalue weighted by atomic mass is 32.2. The number of halogens is 1. The van der Waals surface area contributed by atoms with Gasteiger partial charge in [0.15, 0.2) is 16.4 Å². The van der Waals surface area contributed by atoms with E-state index in [0.29, 0.717) is 12.1 Å². The van der Waals surface area contributed by atoms with Crippen molar-refractivity contribution in [3.63, 3.8) is 0 Å². The van der Waals surface area contributed by atoms with Crippen molar-refractivity contribution in [2.45, 2.75) is 12.5 Å². The summed E-state index contributed by atoms with van der Waals surface area (Å²) in [6.45, 7) is -0.550. The molecule has 0 aliphatic carbocycles. The largest absolute Gasteiger partial charge is 0.452 e. The minimum atomic E-state index is -3.20. The Morgan fingerprint density at radius 2 is 1.79 bits per heavy atom. The summed E-state index contributed by atoms with van der Waals surface area (Å²) in [7, 11) is -3.20. The molecular formula is C21H20FNO5S. The van der Waals surface area contributed by atoms with Crippen LogP contribution in [-0.2, 0) is 24.2 Å². The van der Waals surface area contributed by atoms with Crippen molar-refractivity contribution in [2.75, 3.05) is 23.0 Å². The third kappa shape index (κ3) is 5.51. The smallest absolute Gasteiger partial charge is 0.331 e. The van der Waals surface area contributed by atoms with E-state index in [4.69, 9.17) is 4.74 Å². The van der Waals surface area contributed by atoms with E-state index in [0.717, 1.165) is 6.08 Å². The lowest BCUT2D eigenvalue weighted by molar-refractivity contribution is -0.143. The van der Waals surface area contributed by atoms with Gasteiger partial charge in [0.25, 0.3) is 5.91 Å². The van der Waals surface area contributed by atoms with Gasteiger partial charge in [-0.25, -0.2) is 17.6 Å². The van der Waals surface area contributed by atoms with Crippen LogP contribution < -0.4 is 4.90 Å². The quantitative estimate of drug-likeness (QED) is 0.533. The standard InChI is InChI=1S/C21H20FNO5S/c22-19-9-5-4-6-16(19)10-11-21(25)28-14-20(24)23(17-7-2-1-3-8-17)18-12-13-29(26,27)15-18/h1-11,18H,12-15H2/b11-10+/t18-/m0/s1. The number of anilines is 1. The van der Waals surface area contributed by atoms with Crippen LogP contribution >= 0.6 is 0 Å². The van der Waals surface area contributed by atoms with Gasteiger partial charge in [0, 0.05) is 17.3 Å². The van der Waals surface area contributed by atoms with Gasteiger partial charge in [-0.15, -0.1) is 0 Å². The minimum Gasteiger partial charge on any atom is -0.452 e. The van der Waals surface area contributed by atoms with Gasteiger partial charge in [0.05, 0.1) is 17.5 Å². The number of carbonyl (C=O) groups is 2. The maximum Gasteiger partial charge on any atom is 0.331 e. The number of benzene rings is 2. The fraction of sp³-hybridized carbons (Fsp3) is 0.238. The monoisotopic (exact) mass is 417 g/mol. The van der Waals surface area contributed by atoms with Gasteiger partial charge in [-0.3, -0.25) is 4.79 Å². The van der Waals surface area contributed by atoms with Gasteiger partial charge >= 0.3 is 5.97 Å². The van der Waals surface area contributed by atoms with Crippen molar-refractivity contribution in [3.05, 3.63) is 72.1 Å². The topological polar surface area (TPSA) is 80.8 Å². The van der Waals surface area contributed by atoms with E-state index in [1.54, 1.807) is 36.4 Å². The summed E-state index contributed by atoms with van der Waals surface area (Å²) >= 11 is 0. The Balaban J connectivity index is 1.67. The van der Waals surface area contributed by atoms with Crippen molar-refractivity contribution in [2.24, 2.45) is 0 Å². The van der Waals surface area contributed by atoms with Crippen molar-refractivity contribution < 1.29 is 27.1 Å². The number of para-hydroxylation sites is 1. The Morgan fingerprint density at radius 3 is 2.45 bits per heavy atom. The fourth-order valence-electron chi connectivity index (χ4n) is 3.14. The van der Waals surface area contributed by atoms with Crippen LogP contribution in [0.2, 0.25) is 0 Å². The van der Waals surface area contributed by atoms with Crippen LogP contribution in [0.1, 0.15) is 12.0 Å². The van der Waals surface area contributed by atoms with E-state index < -0.39 is 40.2 Å². The predicted octanol–water partition coefficient (Wildman–Crippen LogP) is 2.60. The number of ether oxygens (including phenoxy) is 1. The number of rotatable bonds is 6. The zero-order chi connectivity index (χ0) is 20.9. The van der Waals surface area contributed by atoms with Gasteiger partial charge in [-0.1, -0.05) is 36.4 Å². The molecule has 2 aromatic rings. The molecule has 0 N–H and O–H groups in total. The molecule has 1 atom stereocenters. The lowest BCUT2D eigenvalue weighted by atomic mass is 10.2. The summed E-state index contributed by atoms with van der Waals surface area (Å²) in [5, 5.41) is 0. The summed E-state index contributed by atoms with van der Waals surface area (Å²) in [5.41, 5.74) is 0.760. The molecule has 1 heterocycles. The lowest BCUT2D eigenvalue weighted by Crippen LogP contribution is -2.43. The molecule has 0 radical (unpaired) electrons. The minimum absolute atomic E-state index is 0.0133. The first-order valence-electron chi connectivity index (χ1n) is 9.02. The average molecular weight is 417 g/mol. The Hall–Kier alpha value is -3.00. The summed E-state index contributed by atoms with van der Waals surface area (Å²) in [4.78, 5) is 26.0. The van der Waals surface area contributed by atoms with Crippen LogP contribution in [0.25, 0.3) is 6.08 Å². The van der Waals surface area contributed by atoms with E-state index in [1.807, 2.05) is 0 Å². The zero-order valence-electron chi connectivity index (χ0n) is 15.5. The molecule has 1 fully saturated rings. The molecule has 29 heavy (non-hydrogen) atoms. The first-order chi connectivity index (χ1) is 13.9. The first kappa shape index (κ1) is 20.7. The van der Waals surface area contributed by atoms with Crippen LogP contribution in [0.3, 0.4) is 0 Å². The van der Waals surface area contributed by atoms with Crippen molar-refractivity contribution >= 4 is 33.5 Å². The van der Waals surface area contributed by atoms with Crippen LogP contribution in [0.4, 0.5) is 10.1 Å². The van der Waals surface area contributed by atoms with Gasteiger partial charge in [-0.2, -0.15) is 0 Å². The maximum absolute atomic E-state index is 13.6. The summed E-state index contributed by atoms with van der Waals surface area (Å²) in [5.74, 6) is -1.92. The van der Waals surface area contributed by atoms with Gasteiger partial charge in [0.1, 0.15) is 5.82 Å². The number of carbonyl (C=O) groups excluding carboxylic acids is 2. The number of esters is 1. The van der Waals surface area contributed by atoms with E-state index in [-0.39, 0.29) is 17.1 Å².